The maximum Gasteiger partial charge on any atom is 0.331 e. The van der Waals surface area contributed by atoms with Crippen molar-refractivity contribution in [1.29, 1.82) is 0 Å². The van der Waals surface area contributed by atoms with Crippen LogP contribution in [0.1, 0.15) is 0 Å². The number of nitrogens with one attached hydrogen (secondary N) is 1. The molecule has 0 atom stereocenters. The molecule has 1 heterocycles. The zero-order valence-corrected chi connectivity index (χ0v) is 13.9. The Kier molecular flexibility index (Phi) is 4.35. The number of hydrogen-bond donors (Lipinski definition) is 1. The molecule has 1 aromatic heterocycles. The molecule has 0 radical (unpaired) electrons. The molecule has 21 heavy (non-hydrogen) atoms. The van der Waals surface area contributed by atoms with Crippen LogP contribution in [0.3, 0.4) is 0 Å². The molecule has 0 aliphatic heterocycles. The summed E-state index contributed by atoms with van der Waals surface area (Å²) < 4.78 is 27.5. The quantitative estimate of drug-likeness (QED) is 0.814. The lowest BCUT2D eigenvalue weighted by atomic mass is 10.2. The average Bonchev–Trinajstić information content (AvgIpc) is 2.39. The summed E-state index contributed by atoms with van der Waals surface area (Å²) >= 11 is 3.30. The minimum absolute atomic E-state index is 0.0178. The Balaban J connectivity index is 2.53. The van der Waals surface area contributed by atoms with E-state index in [2.05, 4.69) is 20.7 Å². The van der Waals surface area contributed by atoms with Gasteiger partial charge in [0.15, 0.2) is 0 Å². The van der Waals surface area contributed by atoms with Crippen LogP contribution >= 0.6 is 15.9 Å². The number of rotatable bonds is 4. The van der Waals surface area contributed by atoms with Gasteiger partial charge in [0.1, 0.15) is 0 Å². The Morgan fingerprint density at radius 1 is 1.29 bits per heavy atom. The highest BCUT2D eigenvalue weighted by Gasteiger charge is 2.11. The van der Waals surface area contributed by atoms with Crippen molar-refractivity contribution in [2.45, 2.75) is 6.54 Å². The van der Waals surface area contributed by atoms with E-state index < -0.39 is 21.3 Å². The molecule has 0 spiro atoms. The van der Waals surface area contributed by atoms with Gasteiger partial charge >= 0.3 is 5.69 Å². The maximum absolute atomic E-state index is 12.3. The van der Waals surface area contributed by atoms with Crippen molar-refractivity contribution in [3.63, 3.8) is 0 Å². The van der Waals surface area contributed by atoms with E-state index in [1.165, 1.54) is 4.57 Å². The van der Waals surface area contributed by atoms with Gasteiger partial charge in [-0.3, -0.25) is 13.9 Å². The van der Waals surface area contributed by atoms with E-state index in [0.29, 0.717) is 10.9 Å². The molecule has 7 nitrogen and oxygen atoms in total. The maximum atomic E-state index is 12.3. The summed E-state index contributed by atoms with van der Waals surface area (Å²) in [7, 11) is -1.79. The molecule has 9 heteroatoms. The van der Waals surface area contributed by atoms with Crippen LogP contribution in [0.4, 0.5) is 0 Å². The first kappa shape index (κ1) is 15.9. The second-order valence-electron chi connectivity index (χ2n) is 4.63. The lowest BCUT2D eigenvalue weighted by Gasteiger charge is -2.11. The van der Waals surface area contributed by atoms with Crippen LogP contribution in [-0.4, -0.2) is 30.4 Å². The monoisotopic (exact) mass is 375 g/mol. The molecular weight excluding hydrogens is 362 g/mol. The number of nitrogens with zero attached hydrogens (tertiary/aromatic N) is 2. The molecule has 0 fully saturated rings. The smallest absolute Gasteiger partial charge is 0.296 e. The van der Waals surface area contributed by atoms with Gasteiger partial charge in [0.2, 0.25) is 10.0 Å². The van der Waals surface area contributed by atoms with Gasteiger partial charge in [-0.25, -0.2) is 17.9 Å². The SMILES string of the molecule is Cn1c(=O)n(CCNS(C)(=O)=O)c(=O)c2ccc(Br)cc21. The molecule has 0 aliphatic carbocycles. The summed E-state index contributed by atoms with van der Waals surface area (Å²) in [5, 5.41) is 0.402. The van der Waals surface area contributed by atoms with Crippen LogP contribution in [0.25, 0.3) is 10.9 Å². The first-order valence-corrected chi connectivity index (χ1v) is 8.73. The van der Waals surface area contributed by atoms with E-state index in [0.717, 1.165) is 15.3 Å². The minimum Gasteiger partial charge on any atom is -0.296 e. The summed E-state index contributed by atoms with van der Waals surface area (Å²) in [6.45, 7) is -0.0411. The van der Waals surface area contributed by atoms with E-state index in [9.17, 15) is 18.0 Å². The number of sulfonamides is 1. The molecule has 2 rings (SSSR count). The normalized spacial score (nSPS) is 12.0. The molecular formula is C12H14BrN3O4S. The van der Waals surface area contributed by atoms with E-state index in [-0.39, 0.29) is 13.1 Å². The van der Waals surface area contributed by atoms with Crippen molar-refractivity contribution < 1.29 is 8.42 Å². The van der Waals surface area contributed by atoms with Gasteiger partial charge in [-0.2, -0.15) is 0 Å². The van der Waals surface area contributed by atoms with Crippen LogP contribution in [0.5, 0.6) is 0 Å². The number of hydrogen-bond acceptors (Lipinski definition) is 4. The van der Waals surface area contributed by atoms with E-state index in [1.54, 1.807) is 25.2 Å². The molecule has 0 amide bonds. The summed E-state index contributed by atoms with van der Waals surface area (Å²) in [6, 6.07) is 5.03. The zero-order chi connectivity index (χ0) is 15.8. The van der Waals surface area contributed by atoms with Crippen LogP contribution in [0.15, 0.2) is 32.3 Å². The molecule has 0 aliphatic rings. The third kappa shape index (κ3) is 3.42. The number of fused-ring (bicyclic) bond motifs is 1. The Labute approximate surface area is 129 Å². The molecule has 114 valence electrons. The van der Waals surface area contributed by atoms with E-state index in [4.69, 9.17) is 0 Å². The van der Waals surface area contributed by atoms with Crippen molar-refractivity contribution >= 4 is 36.9 Å². The number of aryl methyl sites for hydroxylation is 1. The second-order valence-corrected chi connectivity index (χ2v) is 7.38. The van der Waals surface area contributed by atoms with Gasteiger partial charge in [0.05, 0.1) is 17.2 Å². The van der Waals surface area contributed by atoms with Crippen molar-refractivity contribution in [2.24, 2.45) is 7.05 Å². The predicted octanol–water partition coefficient (Wildman–Crippen LogP) is 0.0119. The highest BCUT2D eigenvalue weighted by molar-refractivity contribution is 9.10. The average molecular weight is 376 g/mol. The van der Waals surface area contributed by atoms with Gasteiger partial charge in [-0.15, -0.1) is 0 Å². The van der Waals surface area contributed by atoms with Crippen LogP contribution in [-0.2, 0) is 23.6 Å². The fourth-order valence-corrected chi connectivity index (χ4v) is 2.83. The lowest BCUT2D eigenvalue weighted by Crippen LogP contribution is -2.41. The third-order valence-electron chi connectivity index (χ3n) is 3.01. The van der Waals surface area contributed by atoms with Crippen molar-refractivity contribution in [3.8, 4) is 0 Å². The molecule has 0 unspecified atom stereocenters. The Bertz CT molecular complexity index is 914. The Hall–Kier alpha value is -1.45. The first-order valence-electron chi connectivity index (χ1n) is 6.04. The van der Waals surface area contributed by atoms with Gasteiger partial charge in [-0.05, 0) is 18.2 Å². The summed E-state index contributed by atoms with van der Waals surface area (Å²) in [5.74, 6) is 0. The third-order valence-corrected chi connectivity index (χ3v) is 4.24. The Morgan fingerprint density at radius 3 is 2.57 bits per heavy atom. The molecule has 2 aromatic rings. The molecule has 0 saturated heterocycles. The largest absolute Gasteiger partial charge is 0.331 e. The van der Waals surface area contributed by atoms with E-state index in [1.807, 2.05) is 0 Å². The predicted molar refractivity (Wildman–Crippen MR) is 84.0 cm³/mol. The van der Waals surface area contributed by atoms with Crippen molar-refractivity contribution in [3.05, 3.63) is 43.5 Å². The first-order chi connectivity index (χ1) is 9.70. The summed E-state index contributed by atoms with van der Waals surface area (Å²) in [4.78, 5) is 24.5. The van der Waals surface area contributed by atoms with Gasteiger partial charge < -0.3 is 0 Å². The highest BCUT2D eigenvalue weighted by atomic mass is 79.9. The number of aromatic nitrogens is 2. The van der Waals surface area contributed by atoms with Gasteiger partial charge in [-0.1, -0.05) is 15.9 Å². The molecule has 1 N–H and O–H groups in total. The number of benzene rings is 1. The minimum atomic E-state index is -3.36. The highest BCUT2D eigenvalue weighted by Crippen LogP contribution is 2.15. The van der Waals surface area contributed by atoms with Crippen LogP contribution in [0, 0.1) is 0 Å². The van der Waals surface area contributed by atoms with Crippen LogP contribution in [0.2, 0.25) is 0 Å². The van der Waals surface area contributed by atoms with Gasteiger partial charge in [0.25, 0.3) is 5.56 Å². The molecule has 1 aromatic carbocycles. The van der Waals surface area contributed by atoms with E-state index >= 15 is 0 Å². The fraction of sp³-hybridized carbons (Fsp3) is 0.333. The number of halogens is 1. The molecule has 0 bridgehead atoms. The van der Waals surface area contributed by atoms with Gasteiger partial charge in [0, 0.05) is 24.6 Å². The summed E-state index contributed by atoms with van der Waals surface area (Å²) in [5.41, 5.74) is -0.400. The lowest BCUT2D eigenvalue weighted by molar-refractivity contribution is 0.564. The zero-order valence-electron chi connectivity index (χ0n) is 11.5. The van der Waals surface area contributed by atoms with Crippen molar-refractivity contribution in [2.75, 3.05) is 12.8 Å². The van der Waals surface area contributed by atoms with Crippen molar-refractivity contribution in [1.82, 2.24) is 13.9 Å². The standard InChI is InChI=1S/C12H14BrN3O4S/c1-15-10-7-8(13)3-4-9(10)11(17)16(12(15)18)6-5-14-21(2,19)20/h3-4,7,14H,5-6H2,1-2H3. The summed E-state index contributed by atoms with van der Waals surface area (Å²) in [6.07, 6.45) is 1.02. The fourth-order valence-electron chi connectivity index (χ4n) is 2.02. The topological polar surface area (TPSA) is 90.2 Å². The second kappa shape index (κ2) is 5.74. The molecule has 0 saturated carbocycles. The Morgan fingerprint density at radius 2 is 1.95 bits per heavy atom. The van der Waals surface area contributed by atoms with Crippen LogP contribution < -0.4 is 16.0 Å².